The second kappa shape index (κ2) is 5.17. The van der Waals surface area contributed by atoms with Crippen molar-refractivity contribution in [2.24, 2.45) is 5.92 Å². The van der Waals surface area contributed by atoms with Gasteiger partial charge < -0.3 is 10.6 Å². The molecule has 1 heterocycles. The zero-order valence-electron chi connectivity index (χ0n) is 9.42. The average Bonchev–Trinajstić information content (AvgIpc) is 2.31. The van der Waals surface area contributed by atoms with Gasteiger partial charge in [-0.25, -0.2) is 0 Å². The first-order valence-corrected chi connectivity index (χ1v) is 5.86. The summed E-state index contributed by atoms with van der Waals surface area (Å²) < 4.78 is 0. The molecule has 1 saturated heterocycles. The zero-order valence-corrected chi connectivity index (χ0v) is 9.42. The summed E-state index contributed by atoms with van der Waals surface area (Å²) in [5.41, 5.74) is 2.75. The predicted octanol–water partition coefficient (Wildman–Crippen LogP) is 2.27. The van der Waals surface area contributed by atoms with E-state index in [9.17, 15) is 0 Å². The Balaban J connectivity index is 2.02. The van der Waals surface area contributed by atoms with Gasteiger partial charge in [-0.2, -0.15) is 0 Å². The van der Waals surface area contributed by atoms with Crippen molar-refractivity contribution in [1.29, 1.82) is 0 Å². The second-order valence-electron chi connectivity index (χ2n) is 4.30. The molecule has 0 unspecified atom stereocenters. The van der Waals surface area contributed by atoms with Crippen molar-refractivity contribution < 1.29 is 0 Å². The maximum atomic E-state index is 3.41. The van der Waals surface area contributed by atoms with Crippen molar-refractivity contribution in [3.8, 4) is 0 Å². The van der Waals surface area contributed by atoms with E-state index in [1.165, 1.54) is 43.6 Å². The standard InChI is InChI=1S/C13H20N2/c1-14-13-5-3-2-4-12(13)10-11-6-8-15-9-7-11/h2-5,11,14-15H,6-10H2,1H3. The van der Waals surface area contributed by atoms with E-state index >= 15 is 0 Å². The first-order chi connectivity index (χ1) is 7.40. The SMILES string of the molecule is CNc1ccccc1CC1CCNCC1. The van der Waals surface area contributed by atoms with Gasteiger partial charge in [-0.3, -0.25) is 0 Å². The molecule has 0 radical (unpaired) electrons. The summed E-state index contributed by atoms with van der Waals surface area (Å²) in [6.45, 7) is 2.37. The Morgan fingerprint density at radius 2 is 2.00 bits per heavy atom. The van der Waals surface area contributed by atoms with Gasteiger partial charge >= 0.3 is 0 Å². The Morgan fingerprint density at radius 1 is 1.27 bits per heavy atom. The van der Waals surface area contributed by atoms with Gasteiger partial charge in [-0.1, -0.05) is 18.2 Å². The number of nitrogens with one attached hydrogen (secondary N) is 2. The molecule has 1 aromatic rings. The highest BCUT2D eigenvalue weighted by Gasteiger charge is 2.14. The molecule has 2 nitrogen and oxygen atoms in total. The van der Waals surface area contributed by atoms with Gasteiger partial charge in [0.15, 0.2) is 0 Å². The summed E-state index contributed by atoms with van der Waals surface area (Å²) in [6, 6.07) is 8.64. The van der Waals surface area contributed by atoms with Gasteiger partial charge in [0.05, 0.1) is 0 Å². The van der Waals surface area contributed by atoms with Crippen LogP contribution in [0.1, 0.15) is 18.4 Å². The number of piperidine rings is 1. The first kappa shape index (κ1) is 10.5. The summed E-state index contributed by atoms with van der Waals surface area (Å²) in [7, 11) is 2.00. The van der Waals surface area contributed by atoms with Gasteiger partial charge in [-0.05, 0) is 49.9 Å². The molecule has 1 aliphatic rings. The molecule has 82 valence electrons. The van der Waals surface area contributed by atoms with E-state index in [0.717, 1.165) is 5.92 Å². The molecule has 2 N–H and O–H groups in total. The van der Waals surface area contributed by atoms with Crippen molar-refractivity contribution in [2.75, 3.05) is 25.5 Å². The quantitative estimate of drug-likeness (QED) is 0.789. The minimum Gasteiger partial charge on any atom is -0.388 e. The van der Waals surface area contributed by atoms with Crippen LogP contribution < -0.4 is 10.6 Å². The molecule has 0 saturated carbocycles. The molecule has 1 aliphatic heterocycles. The molecular formula is C13H20N2. The van der Waals surface area contributed by atoms with E-state index < -0.39 is 0 Å². The molecule has 2 rings (SSSR count). The average molecular weight is 204 g/mol. The monoisotopic (exact) mass is 204 g/mol. The van der Waals surface area contributed by atoms with E-state index in [1.807, 2.05) is 7.05 Å². The molecule has 0 aliphatic carbocycles. The third-order valence-corrected chi connectivity index (χ3v) is 3.25. The van der Waals surface area contributed by atoms with Gasteiger partial charge in [0.25, 0.3) is 0 Å². The van der Waals surface area contributed by atoms with E-state index in [1.54, 1.807) is 0 Å². The fourth-order valence-corrected chi connectivity index (χ4v) is 2.34. The highest BCUT2D eigenvalue weighted by Crippen LogP contribution is 2.22. The van der Waals surface area contributed by atoms with Crippen molar-refractivity contribution in [2.45, 2.75) is 19.3 Å². The number of anilines is 1. The fourth-order valence-electron chi connectivity index (χ4n) is 2.34. The molecule has 15 heavy (non-hydrogen) atoms. The van der Waals surface area contributed by atoms with Crippen LogP contribution >= 0.6 is 0 Å². The normalized spacial score (nSPS) is 17.7. The van der Waals surface area contributed by atoms with Crippen LogP contribution in [0.4, 0.5) is 5.69 Å². The minimum absolute atomic E-state index is 0.862. The predicted molar refractivity (Wildman–Crippen MR) is 65.3 cm³/mol. The fraction of sp³-hybridized carbons (Fsp3) is 0.538. The summed E-state index contributed by atoms with van der Waals surface area (Å²) in [6.07, 6.45) is 3.86. The lowest BCUT2D eigenvalue weighted by Gasteiger charge is -2.23. The van der Waals surface area contributed by atoms with Gasteiger partial charge in [0, 0.05) is 12.7 Å². The highest BCUT2D eigenvalue weighted by atomic mass is 14.9. The Kier molecular flexibility index (Phi) is 3.62. The van der Waals surface area contributed by atoms with Crippen molar-refractivity contribution in [3.05, 3.63) is 29.8 Å². The number of rotatable bonds is 3. The molecule has 2 heteroatoms. The first-order valence-electron chi connectivity index (χ1n) is 5.86. The van der Waals surface area contributed by atoms with Crippen LogP contribution in [0.25, 0.3) is 0 Å². The summed E-state index contributed by atoms with van der Waals surface area (Å²) >= 11 is 0. The molecule has 0 amide bonds. The highest BCUT2D eigenvalue weighted by molar-refractivity contribution is 5.50. The van der Waals surface area contributed by atoms with Crippen LogP contribution in [0.5, 0.6) is 0 Å². The van der Waals surface area contributed by atoms with E-state index in [-0.39, 0.29) is 0 Å². The van der Waals surface area contributed by atoms with Crippen LogP contribution in [0.2, 0.25) is 0 Å². The minimum atomic E-state index is 0.862. The van der Waals surface area contributed by atoms with Crippen molar-refractivity contribution in [1.82, 2.24) is 5.32 Å². The summed E-state index contributed by atoms with van der Waals surface area (Å²) in [5.74, 6) is 0.862. The lowest BCUT2D eigenvalue weighted by molar-refractivity contribution is 0.373. The van der Waals surface area contributed by atoms with E-state index in [2.05, 4.69) is 34.9 Å². The molecule has 0 aromatic heterocycles. The van der Waals surface area contributed by atoms with Crippen LogP contribution in [-0.4, -0.2) is 20.1 Å². The van der Waals surface area contributed by atoms with Crippen LogP contribution in [0, 0.1) is 5.92 Å². The van der Waals surface area contributed by atoms with Crippen LogP contribution in [0.3, 0.4) is 0 Å². The Hall–Kier alpha value is -1.02. The molecule has 1 fully saturated rings. The number of para-hydroxylation sites is 1. The molecule has 1 aromatic carbocycles. The third-order valence-electron chi connectivity index (χ3n) is 3.25. The second-order valence-corrected chi connectivity index (χ2v) is 4.30. The lowest BCUT2D eigenvalue weighted by Crippen LogP contribution is -2.28. The van der Waals surface area contributed by atoms with Crippen LogP contribution in [0.15, 0.2) is 24.3 Å². The summed E-state index contributed by atoms with van der Waals surface area (Å²) in [5, 5.41) is 6.68. The third kappa shape index (κ3) is 2.72. The van der Waals surface area contributed by atoms with Gasteiger partial charge in [0.1, 0.15) is 0 Å². The Morgan fingerprint density at radius 3 is 2.73 bits per heavy atom. The molecular weight excluding hydrogens is 184 g/mol. The maximum absolute atomic E-state index is 3.41. The van der Waals surface area contributed by atoms with Gasteiger partial charge in [0.2, 0.25) is 0 Å². The number of hydrogen-bond donors (Lipinski definition) is 2. The zero-order chi connectivity index (χ0) is 10.5. The molecule has 0 spiro atoms. The Bertz CT molecular complexity index is 303. The van der Waals surface area contributed by atoms with Gasteiger partial charge in [-0.15, -0.1) is 0 Å². The van der Waals surface area contributed by atoms with Crippen molar-refractivity contribution >= 4 is 5.69 Å². The number of benzene rings is 1. The Labute approximate surface area is 92.1 Å². The van der Waals surface area contributed by atoms with E-state index in [0.29, 0.717) is 0 Å². The number of hydrogen-bond acceptors (Lipinski definition) is 2. The maximum Gasteiger partial charge on any atom is 0.0370 e. The molecule has 0 bridgehead atoms. The van der Waals surface area contributed by atoms with Crippen molar-refractivity contribution in [3.63, 3.8) is 0 Å². The lowest BCUT2D eigenvalue weighted by atomic mass is 9.90. The smallest absolute Gasteiger partial charge is 0.0370 e. The summed E-state index contributed by atoms with van der Waals surface area (Å²) in [4.78, 5) is 0. The van der Waals surface area contributed by atoms with Crippen LogP contribution in [-0.2, 0) is 6.42 Å². The van der Waals surface area contributed by atoms with E-state index in [4.69, 9.17) is 0 Å². The topological polar surface area (TPSA) is 24.1 Å². The molecule has 0 atom stereocenters. The largest absolute Gasteiger partial charge is 0.388 e.